The molecule has 0 spiro atoms. The van der Waals surface area contributed by atoms with Crippen LogP contribution in [-0.2, 0) is 0 Å². The predicted octanol–water partition coefficient (Wildman–Crippen LogP) is 3.23. The van der Waals surface area contributed by atoms with Crippen molar-refractivity contribution in [3.63, 3.8) is 0 Å². The second-order valence-electron chi connectivity index (χ2n) is 4.61. The van der Waals surface area contributed by atoms with E-state index in [4.69, 9.17) is 0 Å². The van der Waals surface area contributed by atoms with Crippen LogP contribution in [0.5, 0.6) is 0 Å². The summed E-state index contributed by atoms with van der Waals surface area (Å²) in [5, 5.41) is 3.57. The van der Waals surface area contributed by atoms with Gasteiger partial charge < -0.3 is 4.90 Å². The van der Waals surface area contributed by atoms with Gasteiger partial charge in [-0.15, -0.1) is 0 Å². The Kier molecular flexibility index (Phi) is 2.91. The van der Waals surface area contributed by atoms with Crippen LogP contribution in [0.2, 0.25) is 0 Å². The topological polar surface area (TPSA) is 45.2 Å². The van der Waals surface area contributed by atoms with Gasteiger partial charge in [-0.05, 0) is 37.5 Å². The van der Waals surface area contributed by atoms with Crippen LogP contribution in [0.25, 0.3) is 10.2 Å². The molecule has 3 rings (SSSR count). The molecule has 94 valence electrons. The molecule has 0 bridgehead atoms. The first-order valence-electron chi connectivity index (χ1n) is 6.15. The number of amides is 2. The van der Waals surface area contributed by atoms with Gasteiger partial charge >= 0.3 is 6.03 Å². The number of hydrogen-bond donors (Lipinski definition) is 1. The van der Waals surface area contributed by atoms with Crippen molar-refractivity contribution in [1.82, 2.24) is 9.88 Å². The summed E-state index contributed by atoms with van der Waals surface area (Å²) < 4.78 is 1.12. The molecule has 1 saturated heterocycles. The summed E-state index contributed by atoms with van der Waals surface area (Å²) in [6, 6.07) is 6.10. The van der Waals surface area contributed by atoms with Gasteiger partial charge in [0, 0.05) is 13.1 Å². The van der Waals surface area contributed by atoms with Gasteiger partial charge in [-0.3, -0.25) is 5.32 Å². The van der Waals surface area contributed by atoms with E-state index in [1.807, 2.05) is 17.0 Å². The van der Waals surface area contributed by atoms with Gasteiger partial charge in [0.25, 0.3) is 0 Å². The maximum Gasteiger partial charge on any atom is 0.323 e. The number of carbonyl (C=O) groups excluding carboxylic acids is 1. The van der Waals surface area contributed by atoms with E-state index >= 15 is 0 Å². The molecule has 0 aliphatic carbocycles. The zero-order valence-electron chi connectivity index (χ0n) is 10.3. The molecule has 1 fully saturated rings. The SMILES string of the molecule is Cc1ccc2nc(NC(=O)N3CCCC3)sc2c1. The smallest absolute Gasteiger partial charge is 0.323 e. The minimum absolute atomic E-state index is 0.0247. The van der Waals surface area contributed by atoms with Crippen molar-refractivity contribution in [2.24, 2.45) is 0 Å². The largest absolute Gasteiger partial charge is 0.324 e. The number of urea groups is 1. The Bertz CT molecular complexity index is 587. The monoisotopic (exact) mass is 261 g/mol. The molecule has 4 nitrogen and oxygen atoms in total. The van der Waals surface area contributed by atoms with E-state index < -0.39 is 0 Å². The fourth-order valence-corrected chi connectivity index (χ4v) is 3.13. The number of nitrogens with one attached hydrogen (secondary N) is 1. The second-order valence-corrected chi connectivity index (χ2v) is 5.65. The lowest BCUT2D eigenvalue weighted by molar-refractivity contribution is 0.222. The molecule has 0 atom stereocenters. The number of benzene rings is 1. The summed E-state index contributed by atoms with van der Waals surface area (Å²) in [4.78, 5) is 18.2. The molecule has 1 N–H and O–H groups in total. The Hall–Kier alpha value is -1.62. The molecule has 0 unspecified atom stereocenters. The first-order valence-corrected chi connectivity index (χ1v) is 6.97. The normalized spacial score (nSPS) is 15.3. The molecule has 1 aromatic heterocycles. The van der Waals surface area contributed by atoms with Gasteiger partial charge in [-0.2, -0.15) is 0 Å². The lowest BCUT2D eigenvalue weighted by atomic mass is 10.2. The van der Waals surface area contributed by atoms with Crippen molar-refractivity contribution in [2.75, 3.05) is 18.4 Å². The highest BCUT2D eigenvalue weighted by atomic mass is 32.1. The van der Waals surface area contributed by atoms with Crippen LogP contribution >= 0.6 is 11.3 Å². The zero-order valence-corrected chi connectivity index (χ0v) is 11.1. The van der Waals surface area contributed by atoms with Crippen LogP contribution in [0.4, 0.5) is 9.93 Å². The summed E-state index contributed by atoms with van der Waals surface area (Å²) in [6.07, 6.45) is 2.21. The lowest BCUT2D eigenvalue weighted by Gasteiger charge is -2.14. The quantitative estimate of drug-likeness (QED) is 0.856. The van der Waals surface area contributed by atoms with E-state index in [0.29, 0.717) is 5.13 Å². The zero-order chi connectivity index (χ0) is 12.5. The average Bonchev–Trinajstić information content (AvgIpc) is 2.95. The standard InChI is InChI=1S/C13H15N3OS/c1-9-4-5-10-11(8-9)18-12(14-10)15-13(17)16-6-2-3-7-16/h4-5,8H,2-3,6-7H2,1H3,(H,14,15,17). The first-order chi connectivity index (χ1) is 8.72. The number of nitrogens with zero attached hydrogens (tertiary/aromatic N) is 2. The average molecular weight is 261 g/mol. The van der Waals surface area contributed by atoms with Crippen LogP contribution in [-0.4, -0.2) is 29.0 Å². The Morgan fingerprint density at radius 3 is 2.94 bits per heavy atom. The molecule has 1 aliphatic rings. The third kappa shape index (κ3) is 2.18. The fraction of sp³-hybridized carbons (Fsp3) is 0.385. The van der Waals surface area contributed by atoms with E-state index in [2.05, 4.69) is 23.3 Å². The van der Waals surface area contributed by atoms with Gasteiger partial charge in [-0.25, -0.2) is 9.78 Å². The highest BCUT2D eigenvalue weighted by molar-refractivity contribution is 7.22. The van der Waals surface area contributed by atoms with Crippen LogP contribution in [0.15, 0.2) is 18.2 Å². The van der Waals surface area contributed by atoms with Crippen LogP contribution in [0.1, 0.15) is 18.4 Å². The molecule has 1 aromatic carbocycles. The maximum absolute atomic E-state index is 11.9. The van der Waals surface area contributed by atoms with E-state index in [9.17, 15) is 4.79 Å². The van der Waals surface area contributed by atoms with Crippen molar-refractivity contribution < 1.29 is 4.79 Å². The van der Waals surface area contributed by atoms with Crippen molar-refractivity contribution in [3.05, 3.63) is 23.8 Å². The number of fused-ring (bicyclic) bond motifs is 1. The Balaban J connectivity index is 1.79. The molecule has 1 aliphatic heterocycles. The van der Waals surface area contributed by atoms with Crippen molar-refractivity contribution in [3.8, 4) is 0 Å². The molecule has 2 amide bonds. The number of carbonyl (C=O) groups is 1. The van der Waals surface area contributed by atoms with E-state index in [0.717, 1.165) is 36.1 Å². The van der Waals surface area contributed by atoms with Crippen molar-refractivity contribution in [1.29, 1.82) is 0 Å². The molecular weight excluding hydrogens is 246 g/mol. The highest BCUT2D eigenvalue weighted by Gasteiger charge is 2.18. The molecule has 18 heavy (non-hydrogen) atoms. The van der Waals surface area contributed by atoms with E-state index in [-0.39, 0.29) is 6.03 Å². The number of aryl methyl sites for hydroxylation is 1. The number of rotatable bonds is 1. The van der Waals surface area contributed by atoms with Gasteiger partial charge in [0.05, 0.1) is 10.2 Å². The number of thiazole rings is 1. The van der Waals surface area contributed by atoms with Crippen molar-refractivity contribution >= 4 is 32.7 Å². The summed E-state index contributed by atoms with van der Waals surface area (Å²) in [5.41, 5.74) is 2.16. The van der Waals surface area contributed by atoms with Gasteiger partial charge in [-0.1, -0.05) is 17.4 Å². The molecule has 0 saturated carbocycles. The van der Waals surface area contributed by atoms with Crippen LogP contribution in [0.3, 0.4) is 0 Å². The van der Waals surface area contributed by atoms with E-state index in [1.165, 1.54) is 16.9 Å². The molecule has 2 heterocycles. The van der Waals surface area contributed by atoms with Crippen molar-refractivity contribution in [2.45, 2.75) is 19.8 Å². The van der Waals surface area contributed by atoms with E-state index in [1.54, 1.807) is 0 Å². The van der Waals surface area contributed by atoms with Crippen LogP contribution in [0, 0.1) is 6.92 Å². The highest BCUT2D eigenvalue weighted by Crippen LogP contribution is 2.27. The number of anilines is 1. The maximum atomic E-state index is 11.9. The van der Waals surface area contributed by atoms with Crippen LogP contribution < -0.4 is 5.32 Å². The number of likely N-dealkylation sites (tertiary alicyclic amines) is 1. The van der Waals surface area contributed by atoms with Gasteiger partial charge in [0.2, 0.25) is 0 Å². The summed E-state index contributed by atoms with van der Waals surface area (Å²) in [7, 11) is 0. The lowest BCUT2D eigenvalue weighted by Crippen LogP contribution is -2.32. The predicted molar refractivity (Wildman–Crippen MR) is 74.2 cm³/mol. The first kappa shape index (κ1) is 11.5. The second kappa shape index (κ2) is 4.57. The number of hydrogen-bond acceptors (Lipinski definition) is 3. The third-order valence-electron chi connectivity index (χ3n) is 3.15. The van der Waals surface area contributed by atoms with Gasteiger partial charge in [0.15, 0.2) is 5.13 Å². The third-order valence-corrected chi connectivity index (χ3v) is 4.08. The molecular formula is C13H15N3OS. The fourth-order valence-electron chi connectivity index (χ4n) is 2.18. The minimum Gasteiger partial charge on any atom is -0.324 e. The number of aromatic nitrogens is 1. The molecule has 5 heteroatoms. The molecule has 2 aromatic rings. The summed E-state index contributed by atoms with van der Waals surface area (Å²) in [6.45, 7) is 3.77. The Morgan fingerprint density at radius 1 is 1.39 bits per heavy atom. The summed E-state index contributed by atoms with van der Waals surface area (Å²) in [5.74, 6) is 0. The summed E-state index contributed by atoms with van der Waals surface area (Å²) >= 11 is 1.53. The molecule has 0 radical (unpaired) electrons. The Labute approximate surface area is 110 Å². The minimum atomic E-state index is -0.0247. The van der Waals surface area contributed by atoms with Gasteiger partial charge in [0.1, 0.15) is 0 Å². The Morgan fingerprint density at radius 2 is 2.17 bits per heavy atom.